The zero-order chi connectivity index (χ0) is 24.5. The van der Waals surface area contributed by atoms with Crippen molar-refractivity contribution in [1.82, 2.24) is 24.0 Å². The van der Waals surface area contributed by atoms with E-state index in [1.54, 1.807) is 20.4 Å². The van der Waals surface area contributed by atoms with Crippen molar-refractivity contribution in [3.63, 3.8) is 0 Å². The van der Waals surface area contributed by atoms with Crippen molar-refractivity contribution in [3.05, 3.63) is 42.1 Å². The first-order valence-corrected chi connectivity index (χ1v) is 12.1. The molecular weight excluding hydrogens is 444 g/mol. The highest BCUT2D eigenvalue weighted by Gasteiger charge is 2.26. The number of amides is 1. The predicted octanol–water partition coefficient (Wildman–Crippen LogP) is 3.54. The molecule has 4 aromatic rings. The zero-order valence-corrected chi connectivity index (χ0v) is 20.5. The van der Waals surface area contributed by atoms with Crippen LogP contribution in [0.15, 0.2) is 36.5 Å². The molecule has 3 aromatic heterocycles. The number of methoxy groups -OCH3 is 2. The summed E-state index contributed by atoms with van der Waals surface area (Å²) in [6.07, 6.45) is 3.66. The Kier molecular flexibility index (Phi) is 6.44. The third-order valence-corrected chi connectivity index (χ3v) is 6.74. The van der Waals surface area contributed by atoms with Gasteiger partial charge in [0.25, 0.3) is 5.91 Å². The highest BCUT2D eigenvalue weighted by Crippen LogP contribution is 2.35. The van der Waals surface area contributed by atoms with Crippen LogP contribution in [0.3, 0.4) is 0 Å². The maximum absolute atomic E-state index is 13.4. The predicted molar refractivity (Wildman–Crippen MR) is 138 cm³/mol. The van der Waals surface area contributed by atoms with E-state index in [4.69, 9.17) is 20.2 Å². The van der Waals surface area contributed by atoms with Gasteiger partial charge < -0.3 is 29.2 Å². The fraction of sp³-hybridized carbons (Fsp3) is 0.423. The Balaban J connectivity index is 0.00000304. The summed E-state index contributed by atoms with van der Waals surface area (Å²) >= 11 is 0. The van der Waals surface area contributed by atoms with Gasteiger partial charge in [0.15, 0.2) is 5.82 Å². The lowest BCUT2D eigenvalue weighted by Gasteiger charge is -2.30. The Hall–Kier alpha value is -3.43. The minimum absolute atomic E-state index is 0. The monoisotopic (exact) mass is 478 g/mol. The van der Waals surface area contributed by atoms with Gasteiger partial charge in [0, 0.05) is 57.9 Å². The van der Waals surface area contributed by atoms with E-state index >= 15 is 0 Å². The number of carbonyl (C=O) groups is 1. The summed E-state index contributed by atoms with van der Waals surface area (Å²) < 4.78 is 15.5. The van der Waals surface area contributed by atoms with Crippen LogP contribution in [0.1, 0.15) is 31.6 Å². The number of nitrogens with zero attached hydrogens (tertiary/aromatic N) is 5. The first kappa shape index (κ1) is 23.3. The lowest BCUT2D eigenvalue weighted by atomic mass is 10.0. The molecule has 0 unspecified atom stereocenters. The smallest absolute Gasteiger partial charge is 0.254 e. The van der Waals surface area contributed by atoms with E-state index in [0.717, 1.165) is 47.5 Å². The second-order valence-corrected chi connectivity index (χ2v) is 8.97. The van der Waals surface area contributed by atoms with Gasteiger partial charge in [-0.2, -0.15) is 0 Å². The normalized spacial score (nSPS) is 16.3. The molecule has 0 bridgehead atoms. The molecule has 5 rings (SSSR count). The average Bonchev–Trinajstić information content (AvgIpc) is 3.44. The van der Waals surface area contributed by atoms with E-state index in [1.165, 1.54) is 0 Å². The first-order valence-electron chi connectivity index (χ1n) is 12.1. The summed E-state index contributed by atoms with van der Waals surface area (Å²) in [5.74, 6) is 1.36. The summed E-state index contributed by atoms with van der Waals surface area (Å²) in [5.41, 5.74) is 10.1. The highest BCUT2D eigenvalue weighted by atomic mass is 16.5. The van der Waals surface area contributed by atoms with Crippen LogP contribution in [0.25, 0.3) is 33.6 Å². The van der Waals surface area contributed by atoms with Gasteiger partial charge in [0.05, 0.1) is 24.9 Å². The number of ether oxygens (including phenoxy) is 2. The van der Waals surface area contributed by atoms with E-state index in [-0.39, 0.29) is 13.4 Å². The van der Waals surface area contributed by atoms with Gasteiger partial charge in [-0.15, -0.1) is 0 Å². The van der Waals surface area contributed by atoms with Crippen LogP contribution in [0.2, 0.25) is 0 Å². The van der Waals surface area contributed by atoms with Gasteiger partial charge in [-0.25, -0.2) is 9.97 Å². The fourth-order valence-electron chi connectivity index (χ4n) is 5.07. The van der Waals surface area contributed by atoms with Gasteiger partial charge in [-0.1, -0.05) is 0 Å². The Morgan fingerprint density at radius 2 is 2.11 bits per heavy atom. The van der Waals surface area contributed by atoms with Gasteiger partial charge in [0.2, 0.25) is 0 Å². The lowest BCUT2D eigenvalue weighted by molar-refractivity contribution is 0.0708. The standard InChI is InChI=1S/C26H32N6O3.H2/c1-4-31-21(14-17-7-5-9-28-24(17)31)25-29-20-13-18(26(33)30-10-6-8-19(27)16-30)15-22(35-3)23(20)32(25)11-12-34-2;/h5,7,9,13-15,19H,4,6,8,10-12,16,27H2,1-3H3;1H/t19-;/m1./s1. The van der Waals surface area contributed by atoms with Gasteiger partial charge in [0.1, 0.15) is 16.9 Å². The number of likely N-dealkylation sites (tertiary alicyclic amines) is 1. The topological polar surface area (TPSA) is 100 Å². The lowest BCUT2D eigenvalue weighted by Crippen LogP contribution is -2.45. The van der Waals surface area contributed by atoms with Crippen LogP contribution < -0.4 is 10.5 Å². The number of fused-ring (bicyclic) bond motifs is 2. The quantitative estimate of drug-likeness (QED) is 0.436. The number of hydrogen-bond acceptors (Lipinski definition) is 6. The number of imidazole rings is 1. The highest BCUT2D eigenvalue weighted by molar-refractivity contribution is 6.00. The third kappa shape index (κ3) is 4.15. The van der Waals surface area contributed by atoms with E-state index in [0.29, 0.717) is 43.1 Å². The second-order valence-electron chi connectivity index (χ2n) is 8.97. The number of piperidine rings is 1. The third-order valence-electron chi connectivity index (χ3n) is 6.74. The molecule has 1 aromatic carbocycles. The van der Waals surface area contributed by atoms with Crippen LogP contribution in [-0.2, 0) is 17.8 Å². The summed E-state index contributed by atoms with van der Waals surface area (Å²) in [6.45, 7) is 5.23. The average molecular weight is 479 g/mol. The Morgan fingerprint density at radius 1 is 1.26 bits per heavy atom. The minimum atomic E-state index is -0.0415. The number of rotatable bonds is 7. The maximum Gasteiger partial charge on any atom is 0.254 e. The van der Waals surface area contributed by atoms with E-state index in [2.05, 4.69) is 33.2 Å². The van der Waals surface area contributed by atoms with Crippen molar-refractivity contribution in [3.8, 4) is 17.3 Å². The number of benzene rings is 1. The maximum atomic E-state index is 13.4. The molecule has 4 heterocycles. The number of nitrogens with two attached hydrogens (primary N) is 1. The SMILES string of the molecule is CCn1c(-c2nc3cc(C(=O)N4CCC[C@@H](N)C4)cc(OC)c3n2CCOC)cc2cccnc21.[HH]. The molecule has 0 saturated carbocycles. The number of hydrogen-bond donors (Lipinski definition) is 1. The molecule has 1 amide bonds. The van der Waals surface area contributed by atoms with Gasteiger partial charge in [-0.3, -0.25) is 4.79 Å². The van der Waals surface area contributed by atoms with E-state index in [9.17, 15) is 4.79 Å². The van der Waals surface area contributed by atoms with Crippen LogP contribution in [-0.4, -0.2) is 69.9 Å². The molecule has 186 valence electrons. The molecule has 0 aliphatic carbocycles. The van der Waals surface area contributed by atoms with Crippen molar-refractivity contribution in [1.29, 1.82) is 0 Å². The molecule has 9 heteroatoms. The molecule has 9 nitrogen and oxygen atoms in total. The number of carbonyl (C=O) groups excluding carboxylic acids is 1. The summed E-state index contributed by atoms with van der Waals surface area (Å²) in [6, 6.07) is 9.81. The van der Waals surface area contributed by atoms with Crippen molar-refractivity contribution < 1.29 is 15.7 Å². The number of aryl methyl sites for hydroxylation is 1. The molecule has 2 N–H and O–H groups in total. The molecule has 0 spiro atoms. The van der Waals surface area contributed by atoms with Gasteiger partial charge >= 0.3 is 0 Å². The molecule has 1 saturated heterocycles. The number of pyridine rings is 1. The summed E-state index contributed by atoms with van der Waals surface area (Å²) in [4.78, 5) is 24.8. The van der Waals surface area contributed by atoms with Crippen LogP contribution in [0.4, 0.5) is 0 Å². The fourth-order valence-corrected chi connectivity index (χ4v) is 5.07. The van der Waals surface area contributed by atoms with Crippen molar-refractivity contribution in [2.75, 3.05) is 33.9 Å². The Bertz CT molecular complexity index is 1380. The van der Waals surface area contributed by atoms with E-state index < -0.39 is 0 Å². The minimum Gasteiger partial charge on any atom is -0.494 e. The van der Waals surface area contributed by atoms with Crippen molar-refractivity contribution >= 4 is 28.0 Å². The molecule has 35 heavy (non-hydrogen) atoms. The largest absolute Gasteiger partial charge is 0.494 e. The van der Waals surface area contributed by atoms with E-state index in [1.807, 2.05) is 23.1 Å². The Labute approximate surface area is 205 Å². The zero-order valence-electron chi connectivity index (χ0n) is 20.5. The van der Waals surface area contributed by atoms with Crippen molar-refractivity contribution in [2.24, 2.45) is 5.73 Å². The molecular formula is C26H34N6O3. The van der Waals surface area contributed by atoms with Crippen LogP contribution >= 0.6 is 0 Å². The summed E-state index contributed by atoms with van der Waals surface area (Å²) in [5, 5.41) is 1.05. The molecule has 1 aliphatic rings. The molecule has 0 radical (unpaired) electrons. The van der Waals surface area contributed by atoms with Crippen LogP contribution in [0, 0.1) is 0 Å². The molecule has 1 atom stereocenters. The van der Waals surface area contributed by atoms with Gasteiger partial charge in [-0.05, 0) is 50.1 Å². The number of aromatic nitrogens is 4. The second kappa shape index (κ2) is 9.67. The van der Waals surface area contributed by atoms with Crippen LogP contribution in [0.5, 0.6) is 5.75 Å². The first-order chi connectivity index (χ1) is 17.0. The summed E-state index contributed by atoms with van der Waals surface area (Å²) in [7, 11) is 3.31. The van der Waals surface area contributed by atoms with Crippen molar-refractivity contribution in [2.45, 2.75) is 38.9 Å². The molecule has 1 aliphatic heterocycles. The Morgan fingerprint density at radius 3 is 2.86 bits per heavy atom. The molecule has 1 fully saturated rings.